The molecule has 1 aliphatic heterocycles. The topological polar surface area (TPSA) is 208 Å². The number of amides is 3. The van der Waals surface area contributed by atoms with E-state index in [1.807, 2.05) is 0 Å². The summed E-state index contributed by atoms with van der Waals surface area (Å²) in [7, 11) is 0. The smallest absolute Gasteiger partial charge is 0.326 e. The molecule has 0 bridgehead atoms. The number of nitrogens with zero attached hydrogens (tertiary/aromatic N) is 2. The average molecular weight is 466 g/mol. The Hall–Kier alpha value is -3.48. The van der Waals surface area contributed by atoms with E-state index in [9.17, 15) is 29.1 Å². The molecule has 4 atom stereocenters. The number of nitrogens with two attached hydrogens (primary N) is 1. The molecule has 33 heavy (non-hydrogen) atoms. The summed E-state index contributed by atoms with van der Waals surface area (Å²) in [5.74, 6) is -4.80. The van der Waals surface area contributed by atoms with Gasteiger partial charge in [-0.15, -0.1) is 0 Å². The van der Waals surface area contributed by atoms with Crippen LogP contribution in [0.25, 0.3) is 0 Å². The van der Waals surface area contributed by atoms with Gasteiger partial charge < -0.3 is 36.5 Å². The van der Waals surface area contributed by atoms with Gasteiger partial charge in [0.2, 0.25) is 17.7 Å². The Bertz CT molecular complexity index is 872. The van der Waals surface area contributed by atoms with Gasteiger partial charge in [0.25, 0.3) is 0 Å². The molecule has 7 N–H and O–H groups in total. The summed E-state index contributed by atoms with van der Waals surface area (Å²) in [6.07, 6.45) is 3.15. The fraction of sp³-hybridized carbons (Fsp3) is 0.600. The lowest BCUT2D eigenvalue weighted by Gasteiger charge is -2.28. The molecule has 4 unspecified atom stereocenters. The maximum Gasteiger partial charge on any atom is 0.326 e. The standard InChI is InChI=1S/C20H30N6O7/c1-10(2)16(20(32)33)25-17(29)13(6-11-8-22-9-23-11)24-18(30)14-4-3-5-26(14)19(31)12(21)7-15(27)28/h8-10,12-14,16H,3-7,21H2,1-2H3,(H,22,23)(H,24,30)(H,25,29)(H,27,28)(H,32,33). The van der Waals surface area contributed by atoms with Crippen LogP contribution in [0.5, 0.6) is 0 Å². The molecule has 0 radical (unpaired) electrons. The first-order valence-electron chi connectivity index (χ1n) is 10.6. The van der Waals surface area contributed by atoms with E-state index < -0.39 is 66.2 Å². The lowest BCUT2D eigenvalue weighted by Crippen LogP contribution is -2.57. The Morgan fingerprint density at radius 2 is 1.94 bits per heavy atom. The van der Waals surface area contributed by atoms with Crippen molar-refractivity contribution in [3.8, 4) is 0 Å². The van der Waals surface area contributed by atoms with E-state index in [1.165, 1.54) is 17.4 Å². The predicted octanol–water partition coefficient (Wildman–Crippen LogP) is -1.54. The van der Waals surface area contributed by atoms with Crippen molar-refractivity contribution in [3.63, 3.8) is 0 Å². The van der Waals surface area contributed by atoms with E-state index in [0.29, 0.717) is 18.5 Å². The highest BCUT2D eigenvalue weighted by molar-refractivity contribution is 5.95. The second kappa shape index (κ2) is 11.4. The largest absolute Gasteiger partial charge is 0.481 e. The number of aromatic amines is 1. The van der Waals surface area contributed by atoms with Gasteiger partial charge in [0.15, 0.2) is 0 Å². The number of aromatic nitrogens is 2. The number of carboxylic acid groups (broad SMARTS) is 2. The number of hydrogen-bond acceptors (Lipinski definition) is 7. The first-order valence-corrected chi connectivity index (χ1v) is 10.6. The van der Waals surface area contributed by atoms with Gasteiger partial charge >= 0.3 is 11.9 Å². The Kier molecular flexibility index (Phi) is 8.91. The molecule has 0 saturated carbocycles. The van der Waals surface area contributed by atoms with Gasteiger partial charge in [0.05, 0.1) is 18.8 Å². The number of carbonyl (C=O) groups excluding carboxylic acids is 3. The molecule has 0 aliphatic carbocycles. The molecule has 2 heterocycles. The Morgan fingerprint density at radius 1 is 1.24 bits per heavy atom. The van der Waals surface area contributed by atoms with Crippen LogP contribution in [0.15, 0.2) is 12.5 Å². The number of nitrogens with one attached hydrogen (secondary N) is 3. The summed E-state index contributed by atoms with van der Waals surface area (Å²) in [6.45, 7) is 3.52. The number of imidazole rings is 1. The van der Waals surface area contributed by atoms with Gasteiger partial charge in [-0.1, -0.05) is 13.8 Å². The quantitative estimate of drug-likeness (QED) is 0.223. The summed E-state index contributed by atoms with van der Waals surface area (Å²) < 4.78 is 0. The second-order valence-corrected chi connectivity index (χ2v) is 8.30. The van der Waals surface area contributed by atoms with E-state index in [1.54, 1.807) is 13.8 Å². The molecule has 3 amide bonds. The number of hydrogen-bond donors (Lipinski definition) is 6. The molecule has 1 aliphatic rings. The number of H-pyrrole nitrogens is 1. The molecule has 0 spiro atoms. The molecule has 1 fully saturated rings. The second-order valence-electron chi connectivity index (χ2n) is 8.30. The third kappa shape index (κ3) is 7.00. The minimum Gasteiger partial charge on any atom is -0.481 e. The van der Waals surface area contributed by atoms with Crippen LogP contribution >= 0.6 is 0 Å². The molecule has 0 aromatic carbocycles. The van der Waals surface area contributed by atoms with E-state index in [-0.39, 0.29) is 13.0 Å². The highest BCUT2D eigenvalue weighted by Gasteiger charge is 2.38. The zero-order valence-electron chi connectivity index (χ0n) is 18.5. The van der Waals surface area contributed by atoms with Crippen LogP contribution in [0.3, 0.4) is 0 Å². The lowest BCUT2D eigenvalue weighted by atomic mass is 10.0. The Morgan fingerprint density at radius 3 is 2.48 bits per heavy atom. The van der Waals surface area contributed by atoms with Crippen LogP contribution in [-0.2, 0) is 30.4 Å². The first-order chi connectivity index (χ1) is 15.5. The van der Waals surface area contributed by atoms with Gasteiger partial charge in [0, 0.05) is 24.9 Å². The summed E-state index contributed by atoms with van der Waals surface area (Å²) in [5.41, 5.74) is 6.21. The van der Waals surface area contributed by atoms with E-state index >= 15 is 0 Å². The lowest BCUT2D eigenvalue weighted by molar-refractivity contribution is -0.144. The number of carboxylic acids is 2. The van der Waals surface area contributed by atoms with Crippen LogP contribution in [0.4, 0.5) is 0 Å². The minimum atomic E-state index is -1.29. The molecule has 182 valence electrons. The number of aliphatic carboxylic acids is 2. The van der Waals surface area contributed by atoms with Crippen molar-refractivity contribution in [2.75, 3.05) is 6.54 Å². The van der Waals surface area contributed by atoms with Crippen LogP contribution in [-0.4, -0.2) is 85.5 Å². The van der Waals surface area contributed by atoms with E-state index in [2.05, 4.69) is 20.6 Å². The molecular formula is C20H30N6O7. The minimum absolute atomic E-state index is 0.0151. The van der Waals surface area contributed by atoms with Crippen LogP contribution in [0.1, 0.15) is 38.8 Å². The molecular weight excluding hydrogens is 436 g/mol. The van der Waals surface area contributed by atoms with E-state index in [0.717, 1.165) is 0 Å². The van der Waals surface area contributed by atoms with Gasteiger partial charge in [-0.3, -0.25) is 19.2 Å². The molecule has 13 heteroatoms. The predicted molar refractivity (Wildman–Crippen MR) is 114 cm³/mol. The number of rotatable bonds is 11. The van der Waals surface area contributed by atoms with Crippen LogP contribution in [0, 0.1) is 5.92 Å². The van der Waals surface area contributed by atoms with Crippen LogP contribution in [0.2, 0.25) is 0 Å². The zero-order valence-corrected chi connectivity index (χ0v) is 18.5. The van der Waals surface area contributed by atoms with E-state index in [4.69, 9.17) is 10.8 Å². The fourth-order valence-corrected chi connectivity index (χ4v) is 3.65. The first kappa shape index (κ1) is 25.8. The van der Waals surface area contributed by atoms with Gasteiger partial charge in [-0.25, -0.2) is 9.78 Å². The molecule has 13 nitrogen and oxygen atoms in total. The average Bonchev–Trinajstić information content (AvgIpc) is 3.41. The Labute approximate surface area is 190 Å². The maximum atomic E-state index is 13.0. The summed E-state index contributed by atoms with van der Waals surface area (Å²) >= 11 is 0. The molecule has 1 saturated heterocycles. The maximum absolute atomic E-state index is 13.0. The highest BCUT2D eigenvalue weighted by atomic mass is 16.4. The monoisotopic (exact) mass is 466 g/mol. The van der Waals surface area contributed by atoms with Crippen molar-refractivity contribution in [2.24, 2.45) is 11.7 Å². The third-order valence-electron chi connectivity index (χ3n) is 5.39. The highest BCUT2D eigenvalue weighted by Crippen LogP contribution is 2.19. The normalized spacial score (nSPS) is 18.4. The van der Waals surface area contributed by atoms with Crippen molar-refractivity contribution in [3.05, 3.63) is 18.2 Å². The van der Waals surface area contributed by atoms with Crippen LogP contribution < -0.4 is 16.4 Å². The third-order valence-corrected chi connectivity index (χ3v) is 5.39. The van der Waals surface area contributed by atoms with Gasteiger partial charge in [-0.2, -0.15) is 0 Å². The SMILES string of the molecule is CC(C)C(NC(=O)C(Cc1cnc[nH]1)NC(=O)C1CCCN1C(=O)C(N)CC(=O)O)C(=O)O. The fourth-order valence-electron chi connectivity index (χ4n) is 3.65. The Balaban J connectivity index is 2.16. The summed E-state index contributed by atoms with van der Waals surface area (Å²) in [5, 5.41) is 23.3. The molecule has 1 aromatic heterocycles. The summed E-state index contributed by atoms with van der Waals surface area (Å²) in [4.78, 5) is 68.8. The molecule has 1 aromatic rings. The van der Waals surface area contributed by atoms with Crippen molar-refractivity contribution >= 4 is 29.7 Å². The number of carbonyl (C=O) groups is 5. The summed E-state index contributed by atoms with van der Waals surface area (Å²) in [6, 6.07) is -4.50. The zero-order chi connectivity index (χ0) is 24.7. The van der Waals surface area contributed by atoms with Crippen molar-refractivity contribution in [2.45, 2.75) is 63.7 Å². The van der Waals surface area contributed by atoms with Crippen molar-refractivity contribution < 1.29 is 34.2 Å². The molecule has 2 rings (SSSR count). The van der Waals surface area contributed by atoms with Gasteiger partial charge in [0.1, 0.15) is 18.1 Å². The van der Waals surface area contributed by atoms with Crippen molar-refractivity contribution in [1.29, 1.82) is 0 Å². The van der Waals surface area contributed by atoms with Gasteiger partial charge in [-0.05, 0) is 18.8 Å². The number of likely N-dealkylation sites (tertiary alicyclic amines) is 1. The van der Waals surface area contributed by atoms with Crippen molar-refractivity contribution in [1.82, 2.24) is 25.5 Å².